The van der Waals surface area contributed by atoms with Crippen LogP contribution in [0.25, 0.3) is 44.5 Å². The molecule has 8 aromatic rings. The van der Waals surface area contributed by atoms with Crippen molar-refractivity contribution in [1.29, 1.82) is 0 Å². The molecule has 50 heavy (non-hydrogen) atoms. The van der Waals surface area contributed by atoms with Gasteiger partial charge < -0.3 is 10.2 Å². The summed E-state index contributed by atoms with van der Waals surface area (Å²) in [5, 5.41) is 3.63. The molecule has 0 aliphatic heterocycles. The number of para-hydroxylation sites is 1. The lowest BCUT2D eigenvalue weighted by Crippen LogP contribution is -2.09. The van der Waals surface area contributed by atoms with Crippen molar-refractivity contribution in [2.45, 2.75) is 0 Å². The first kappa shape index (κ1) is 30.7. The van der Waals surface area contributed by atoms with Crippen LogP contribution in [-0.4, -0.2) is 0 Å². The van der Waals surface area contributed by atoms with Gasteiger partial charge in [-0.25, -0.2) is 0 Å². The van der Waals surface area contributed by atoms with Gasteiger partial charge >= 0.3 is 0 Å². The van der Waals surface area contributed by atoms with Crippen molar-refractivity contribution in [3.8, 4) is 44.5 Å². The van der Waals surface area contributed by atoms with Crippen LogP contribution in [0.3, 0.4) is 0 Å². The van der Waals surface area contributed by atoms with E-state index in [2.05, 4.69) is 223 Å². The Morgan fingerprint density at radius 2 is 0.580 bits per heavy atom. The van der Waals surface area contributed by atoms with Gasteiger partial charge in [0.15, 0.2) is 0 Å². The number of hydrogen-bond acceptors (Lipinski definition) is 2. The van der Waals surface area contributed by atoms with E-state index in [0.717, 1.165) is 28.4 Å². The van der Waals surface area contributed by atoms with Crippen LogP contribution in [0.15, 0.2) is 212 Å². The summed E-state index contributed by atoms with van der Waals surface area (Å²) in [6.45, 7) is 0. The third kappa shape index (κ3) is 6.69. The minimum atomic E-state index is 1.05. The zero-order chi connectivity index (χ0) is 33.5. The fourth-order valence-corrected chi connectivity index (χ4v) is 6.48. The highest BCUT2D eigenvalue weighted by Gasteiger charge is 2.14. The van der Waals surface area contributed by atoms with Crippen LogP contribution in [-0.2, 0) is 0 Å². The summed E-state index contributed by atoms with van der Waals surface area (Å²) in [5.41, 5.74) is 15.0. The van der Waals surface area contributed by atoms with Crippen LogP contribution in [0.2, 0.25) is 0 Å². The van der Waals surface area contributed by atoms with Crippen LogP contribution in [0, 0.1) is 0 Å². The number of hydrogen-bond donors (Lipinski definition) is 1. The van der Waals surface area contributed by atoms with Gasteiger partial charge in [-0.15, -0.1) is 0 Å². The van der Waals surface area contributed by atoms with Crippen molar-refractivity contribution in [3.05, 3.63) is 212 Å². The topological polar surface area (TPSA) is 15.3 Å². The summed E-state index contributed by atoms with van der Waals surface area (Å²) < 4.78 is 0. The van der Waals surface area contributed by atoms with Gasteiger partial charge in [0, 0.05) is 34.0 Å². The second kappa shape index (κ2) is 14.2. The van der Waals surface area contributed by atoms with E-state index in [-0.39, 0.29) is 0 Å². The van der Waals surface area contributed by atoms with E-state index in [9.17, 15) is 0 Å². The Hall–Kier alpha value is -6.64. The number of nitrogens with zero attached hydrogens (tertiary/aromatic N) is 1. The van der Waals surface area contributed by atoms with Gasteiger partial charge in [-0.1, -0.05) is 158 Å². The van der Waals surface area contributed by atoms with Gasteiger partial charge in [0.25, 0.3) is 0 Å². The standard InChI is InChI=1S/C48H36N2/c1-4-12-36(13-5-1)39-22-30-44(31-23-39)50(45-32-24-40(25-33-45)37-14-6-2-7-15-37)46-34-26-41(27-35-46)38-20-28-43(29-21-38)49-48-19-11-10-18-47(48)42-16-8-3-9-17-42/h1-35,49H. The molecular weight excluding hydrogens is 605 g/mol. The summed E-state index contributed by atoms with van der Waals surface area (Å²) in [6, 6.07) is 75.2. The average molecular weight is 641 g/mol. The highest BCUT2D eigenvalue weighted by Crippen LogP contribution is 2.38. The largest absolute Gasteiger partial charge is 0.355 e. The van der Waals surface area contributed by atoms with Gasteiger partial charge in [0.1, 0.15) is 0 Å². The Kier molecular flexibility index (Phi) is 8.73. The third-order valence-corrected chi connectivity index (χ3v) is 9.10. The SMILES string of the molecule is c1ccc(-c2ccc(N(c3ccc(-c4ccccc4)cc3)c3ccc(-c4ccc(Nc5ccccc5-c5ccccc5)cc4)cc3)cc2)cc1. The Morgan fingerprint density at radius 1 is 0.260 bits per heavy atom. The highest BCUT2D eigenvalue weighted by atomic mass is 15.1. The van der Waals surface area contributed by atoms with Gasteiger partial charge in [-0.3, -0.25) is 0 Å². The summed E-state index contributed by atoms with van der Waals surface area (Å²) in [7, 11) is 0. The Bertz CT molecular complexity index is 2200. The van der Waals surface area contributed by atoms with Gasteiger partial charge in [-0.05, 0) is 93.5 Å². The van der Waals surface area contributed by atoms with Crippen molar-refractivity contribution in [2.24, 2.45) is 0 Å². The maximum absolute atomic E-state index is 3.63. The van der Waals surface area contributed by atoms with Crippen LogP contribution in [0.1, 0.15) is 0 Å². The van der Waals surface area contributed by atoms with Crippen LogP contribution in [0.4, 0.5) is 28.4 Å². The van der Waals surface area contributed by atoms with E-state index in [4.69, 9.17) is 0 Å². The van der Waals surface area contributed by atoms with E-state index in [1.165, 1.54) is 44.5 Å². The van der Waals surface area contributed by atoms with Gasteiger partial charge in [0.2, 0.25) is 0 Å². The Balaban J connectivity index is 1.07. The lowest BCUT2D eigenvalue weighted by atomic mass is 10.0. The van der Waals surface area contributed by atoms with Crippen molar-refractivity contribution >= 4 is 28.4 Å². The first-order chi connectivity index (χ1) is 24.8. The fraction of sp³-hybridized carbons (Fsp3) is 0. The molecule has 0 heterocycles. The number of anilines is 5. The summed E-state index contributed by atoms with van der Waals surface area (Å²) in [4.78, 5) is 2.32. The molecule has 0 saturated heterocycles. The maximum Gasteiger partial charge on any atom is 0.0463 e. The van der Waals surface area contributed by atoms with E-state index in [0.29, 0.717) is 0 Å². The molecule has 0 aromatic heterocycles. The molecule has 2 heteroatoms. The Morgan fingerprint density at radius 3 is 1.00 bits per heavy atom. The van der Waals surface area contributed by atoms with Gasteiger partial charge in [-0.2, -0.15) is 0 Å². The summed E-state index contributed by atoms with van der Waals surface area (Å²) in [6.07, 6.45) is 0. The van der Waals surface area contributed by atoms with Gasteiger partial charge in [0.05, 0.1) is 0 Å². The number of nitrogens with one attached hydrogen (secondary N) is 1. The minimum absolute atomic E-state index is 1.05. The number of benzene rings is 8. The third-order valence-electron chi connectivity index (χ3n) is 9.10. The molecule has 0 unspecified atom stereocenters. The molecule has 1 N–H and O–H groups in total. The molecule has 0 aliphatic carbocycles. The summed E-state index contributed by atoms with van der Waals surface area (Å²) in [5.74, 6) is 0. The quantitative estimate of drug-likeness (QED) is 0.169. The zero-order valence-electron chi connectivity index (χ0n) is 27.7. The molecule has 2 nitrogen and oxygen atoms in total. The smallest absolute Gasteiger partial charge is 0.0463 e. The monoisotopic (exact) mass is 640 g/mol. The molecule has 8 rings (SSSR count). The van der Waals surface area contributed by atoms with Crippen LogP contribution < -0.4 is 10.2 Å². The predicted octanol–water partition coefficient (Wildman–Crippen LogP) is 13.6. The summed E-state index contributed by atoms with van der Waals surface area (Å²) >= 11 is 0. The molecule has 8 aromatic carbocycles. The first-order valence-electron chi connectivity index (χ1n) is 17.0. The predicted molar refractivity (Wildman–Crippen MR) is 213 cm³/mol. The first-order valence-corrected chi connectivity index (χ1v) is 17.0. The molecule has 0 radical (unpaired) electrons. The molecule has 0 amide bonds. The minimum Gasteiger partial charge on any atom is -0.355 e. The van der Waals surface area contributed by atoms with Crippen molar-refractivity contribution < 1.29 is 0 Å². The van der Waals surface area contributed by atoms with Crippen LogP contribution >= 0.6 is 0 Å². The van der Waals surface area contributed by atoms with E-state index < -0.39 is 0 Å². The Labute approximate surface area is 294 Å². The molecule has 238 valence electrons. The molecule has 0 bridgehead atoms. The molecule has 0 spiro atoms. The highest BCUT2D eigenvalue weighted by molar-refractivity contribution is 5.83. The van der Waals surface area contributed by atoms with Crippen molar-refractivity contribution in [2.75, 3.05) is 10.2 Å². The second-order valence-corrected chi connectivity index (χ2v) is 12.3. The maximum atomic E-state index is 3.63. The normalized spacial score (nSPS) is 10.8. The number of rotatable bonds is 9. The average Bonchev–Trinajstić information content (AvgIpc) is 3.20. The zero-order valence-corrected chi connectivity index (χ0v) is 27.7. The molecule has 0 atom stereocenters. The van der Waals surface area contributed by atoms with E-state index in [1.54, 1.807) is 0 Å². The fourth-order valence-electron chi connectivity index (χ4n) is 6.48. The van der Waals surface area contributed by atoms with E-state index in [1.807, 2.05) is 0 Å². The van der Waals surface area contributed by atoms with Crippen molar-refractivity contribution in [3.63, 3.8) is 0 Å². The lowest BCUT2D eigenvalue weighted by Gasteiger charge is -2.26. The van der Waals surface area contributed by atoms with Crippen molar-refractivity contribution in [1.82, 2.24) is 0 Å². The molecule has 0 aliphatic rings. The molecule has 0 saturated carbocycles. The lowest BCUT2D eigenvalue weighted by molar-refractivity contribution is 1.28. The van der Waals surface area contributed by atoms with Crippen LogP contribution in [0.5, 0.6) is 0 Å². The molecular formula is C48H36N2. The molecule has 0 fully saturated rings. The van der Waals surface area contributed by atoms with E-state index >= 15 is 0 Å². The second-order valence-electron chi connectivity index (χ2n) is 12.3.